The monoisotopic (exact) mass is 414 g/mol. The Bertz CT molecular complexity index is 1090. The van der Waals surface area contributed by atoms with Crippen LogP contribution in [-0.4, -0.2) is 45.9 Å². The zero-order chi connectivity index (χ0) is 21.3. The van der Waals surface area contributed by atoms with Crippen molar-refractivity contribution in [3.63, 3.8) is 0 Å². The van der Waals surface area contributed by atoms with E-state index in [0.717, 1.165) is 43.0 Å². The Morgan fingerprint density at radius 2 is 2.00 bits per heavy atom. The second-order valence-corrected chi connectivity index (χ2v) is 9.11. The minimum atomic E-state index is 0.110. The van der Waals surface area contributed by atoms with E-state index in [-0.39, 0.29) is 5.91 Å². The lowest BCUT2D eigenvalue weighted by Crippen LogP contribution is -2.39. The van der Waals surface area contributed by atoms with Gasteiger partial charge in [-0.3, -0.25) is 9.69 Å². The van der Waals surface area contributed by atoms with Gasteiger partial charge in [-0.2, -0.15) is 0 Å². The van der Waals surface area contributed by atoms with E-state index in [2.05, 4.69) is 51.6 Å². The van der Waals surface area contributed by atoms with Crippen molar-refractivity contribution in [1.29, 1.82) is 0 Å². The molecule has 1 aliphatic carbocycles. The first-order chi connectivity index (χ1) is 15.1. The number of imidazole rings is 1. The van der Waals surface area contributed by atoms with Gasteiger partial charge in [0, 0.05) is 25.0 Å². The number of fused-ring (bicyclic) bond motifs is 1. The standard InChI is InChI=1S/C26H30N4O/c1-20-7-5-14-30-22(19-27-25(20)30)17-24(31)28-23-18-26(23)11-15-29(16-12-26)13-6-10-21-8-3-2-4-9-21/h2-10,14,19,23H,11-13,15-18H2,1H3,(H,28,31)/b10-6+. The summed E-state index contributed by atoms with van der Waals surface area (Å²) in [5.41, 5.74) is 4.58. The average Bonchev–Trinajstić information content (AvgIpc) is 3.25. The van der Waals surface area contributed by atoms with Crippen molar-refractivity contribution in [2.45, 2.75) is 38.6 Å². The van der Waals surface area contributed by atoms with Crippen molar-refractivity contribution in [1.82, 2.24) is 19.6 Å². The van der Waals surface area contributed by atoms with Crippen molar-refractivity contribution < 1.29 is 4.79 Å². The number of nitrogens with one attached hydrogen (secondary N) is 1. The summed E-state index contributed by atoms with van der Waals surface area (Å²) in [7, 11) is 0. The zero-order valence-corrected chi connectivity index (χ0v) is 18.1. The fraction of sp³-hybridized carbons (Fsp3) is 0.385. The van der Waals surface area contributed by atoms with Crippen molar-refractivity contribution in [2.24, 2.45) is 5.41 Å². The number of nitrogens with zero attached hydrogens (tertiary/aromatic N) is 3. The summed E-state index contributed by atoms with van der Waals surface area (Å²) in [6, 6.07) is 14.8. The summed E-state index contributed by atoms with van der Waals surface area (Å²) in [4.78, 5) is 19.7. The molecule has 0 bridgehead atoms. The number of rotatable bonds is 6. The summed E-state index contributed by atoms with van der Waals surface area (Å²) in [5.74, 6) is 0.110. The molecule has 5 heteroatoms. The molecule has 3 aromatic rings. The topological polar surface area (TPSA) is 49.6 Å². The number of aryl methyl sites for hydroxylation is 1. The first-order valence-corrected chi connectivity index (χ1v) is 11.3. The molecule has 2 aromatic heterocycles. The van der Waals surface area contributed by atoms with Crippen LogP contribution >= 0.6 is 0 Å². The molecule has 1 aliphatic heterocycles. The number of amides is 1. The van der Waals surface area contributed by atoms with Crippen molar-refractivity contribution >= 4 is 17.6 Å². The number of likely N-dealkylation sites (tertiary alicyclic amines) is 1. The average molecular weight is 415 g/mol. The number of hydrogen-bond acceptors (Lipinski definition) is 3. The van der Waals surface area contributed by atoms with Crippen LogP contribution in [0.15, 0.2) is 60.9 Å². The lowest BCUT2D eigenvalue weighted by Gasteiger charge is -2.32. The first-order valence-electron chi connectivity index (χ1n) is 11.3. The largest absolute Gasteiger partial charge is 0.352 e. The Labute approximate surface area is 183 Å². The second kappa shape index (κ2) is 8.31. The Balaban J connectivity index is 1.10. The van der Waals surface area contributed by atoms with Gasteiger partial charge in [0.2, 0.25) is 5.91 Å². The van der Waals surface area contributed by atoms with Gasteiger partial charge in [0.05, 0.1) is 12.1 Å². The summed E-state index contributed by atoms with van der Waals surface area (Å²) in [6.07, 6.45) is 12.1. The van der Waals surface area contributed by atoms with E-state index in [1.807, 2.05) is 41.9 Å². The summed E-state index contributed by atoms with van der Waals surface area (Å²) >= 11 is 0. The van der Waals surface area contributed by atoms with Crippen LogP contribution in [0.4, 0.5) is 0 Å². The molecule has 5 rings (SSSR count). The van der Waals surface area contributed by atoms with Crippen LogP contribution < -0.4 is 5.32 Å². The SMILES string of the molecule is Cc1cccn2c(CC(=O)NC3CC34CCN(C/C=C/c3ccccc3)CC4)cnc12. The van der Waals surface area contributed by atoms with Crippen molar-refractivity contribution in [3.05, 3.63) is 77.8 Å². The maximum Gasteiger partial charge on any atom is 0.226 e. The van der Waals surface area contributed by atoms with Crippen molar-refractivity contribution in [3.8, 4) is 0 Å². The van der Waals surface area contributed by atoms with Crippen LogP contribution in [0.5, 0.6) is 0 Å². The molecule has 2 fully saturated rings. The quantitative estimate of drug-likeness (QED) is 0.666. The lowest BCUT2D eigenvalue weighted by atomic mass is 9.92. The normalized spacial score (nSPS) is 20.5. The second-order valence-electron chi connectivity index (χ2n) is 9.11. The van der Waals surface area contributed by atoms with E-state index in [1.54, 1.807) is 0 Å². The highest BCUT2D eigenvalue weighted by Crippen LogP contribution is 2.53. The van der Waals surface area contributed by atoms with E-state index in [1.165, 1.54) is 18.4 Å². The Morgan fingerprint density at radius 1 is 1.19 bits per heavy atom. The molecule has 1 aromatic carbocycles. The minimum Gasteiger partial charge on any atom is -0.352 e. The van der Waals surface area contributed by atoms with Gasteiger partial charge in [-0.25, -0.2) is 4.98 Å². The third kappa shape index (κ3) is 4.28. The first kappa shape index (κ1) is 20.0. The van der Waals surface area contributed by atoms with Gasteiger partial charge in [0.25, 0.3) is 0 Å². The number of aromatic nitrogens is 2. The molecule has 1 N–H and O–H groups in total. The van der Waals surface area contributed by atoms with E-state index < -0.39 is 0 Å². The van der Waals surface area contributed by atoms with E-state index in [0.29, 0.717) is 17.9 Å². The molecule has 2 aliphatic rings. The van der Waals surface area contributed by atoms with Crippen LogP contribution in [0.1, 0.15) is 36.1 Å². The molecule has 1 spiro atoms. The summed E-state index contributed by atoms with van der Waals surface area (Å²) < 4.78 is 2.03. The maximum atomic E-state index is 12.7. The Morgan fingerprint density at radius 3 is 2.81 bits per heavy atom. The van der Waals surface area contributed by atoms with E-state index in [9.17, 15) is 4.79 Å². The highest BCUT2D eigenvalue weighted by Gasteiger charge is 2.55. The summed E-state index contributed by atoms with van der Waals surface area (Å²) in [5, 5.41) is 3.30. The Hall–Kier alpha value is -2.92. The van der Waals surface area contributed by atoms with Crippen LogP contribution in [0.2, 0.25) is 0 Å². The van der Waals surface area contributed by atoms with Gasteiger partial charge >= 0.3 is 0 Å². The molecule has 1 saturated carbocycles. The highest BCUT2D eigenvalue weighted by atomic mass is 16.1. The maximum absolute atomic E-state index is 12.7. The highest BCUT2D eigenvalue weighted by molar-refractivity contribution is 5.79. The fourth-order valence-electron chi connectivity index (χ4n) is 4.93. The number of pyridine rings is 1. The van der Waals surface area contributed by atoms with Gasteiger partial charge in [-0.05, 0) is 61.9 Å². The molecule has 0 radical (unpaired) electrons. The summed E-state index contributed by atoms with van der Waals surface area (Å²) in [6.45, 7) is 5.26. The molecule has 1 saturated heterocycles. The van der Waals surface area contributed by atoms with Crippen LogP contribution in [0.3, 0.4) is 0 Å². The molecule has 5 nitrogen and oxygen atoms in total. The number of carbonyl (C=O) groups is 1. The van der Waals surface area contributed by atoms with Gasteiger partial charge in [-0.15, -0.1) is 0 Å². The molecule has 160 valence electrons. The predicted octanol–water partition coefficient (Wildman–Crippen LogP) is 3.87. The number of hydrogen-bond donors (Lipinski definition) is 1. The van der Waals surface area contributed by atoms with E-state index in [4.69, 9.17) is 0 Å². The van der Waals surface area contributed by atoms with Crippen LogP contribution in [-0.2, 0) is 11.2 Å². The third-order valence-electron chi connectivity index (χ3n) is 7.00. The molecular weight excluding hydrogens is 384 g/mol. The molecule has 1 unspecified atom stereocenters. The van der Waals surface area contributed by atoms with Gasteiger partial charge in [0.1, 0.15) is 5.65 Å². The zero-order valence-electron chi connectivity index (χ0n) is 18.1. The number of carbonyl (C=O) groups excluding carboxylic acids is 1. The number of piperidine rings is 1. The molecule has 1 amide bonds. The van der Waals surface area contributed by atoms with Crippen LogP contribution in [0, 0.1) is 12.3 Å². The van der Waals surface area contributed by atoms with Crippen LogP contribution in [0.25, 0.3) is 11.7 Å². The molecule has 1 atom stereocenters. The fourth-order valence-corrected chi connectivity index (χ4v) is 4.93. The third-order valence-corrected chi connectivity index (χ3v) is 7.00. The predicted molar refractivity (Wildman–Crippen MR) is 124 cm³/mol. The molecule has 31 heavy (non-hydrogen) atoms. The lowest BCUT2D eigenvalue weighted by molar-refractivity contribution is -0.120. The van der Waals surface area contributed by atoms with Crippen molar-refractivity contribution in [2.75, 3.05) is 19.6 Å². The van der Waals surface area contributed by atoms with Gasteiger partial charge in [-0.1, -0.05) is 48.6 Å². The van der Waals surface area contributed by atoms with Gasteiger partial charge < -0.3 is 9.72 Å². The molecule has 3 heterocycles. The number of benzene rings is 1. The smallest absolute Gasteiger partial charge is 0.226 e. The minimum absolute atomic E-state index is 0.110. The van der Waals surface area contributed by atoms with E-state index >= 15 is 0 Å². The molecular formula is C26H30N4O. The van der Waals surface area contributed by atoms with Gasteiger partial charge in [0.15, 0.2) is 0 Å². The Kier molecular flexibility index (Phi) is 5.36.